The van der Waals surface area contributed by atoms with Crippen molar-refractivity contribution in [1.29, 1.82) is 0 Å². The maximum Gasteiger partial charge on any atom is 0.295 e. The van der Waals surface area contributed by atoms with E-state index in [-0.39, 0.29) is 34.6 Å². The number of amides is 2. The molecule has 0 saturated carbocycles. The highest BCUT2D eigenvalue weighted by atomic mass is 32.2. The zero-order valence-electron chi connectivity index (χ0n) is 19.7. The Balaban J connectivity index is 1.48. The molecule has 0 aliphatic heterocycles. The number of para-hydroxylation sites is 1. The van der Waals surface area contributed by atoms with E-state index in [4.69, 9.17) is 4.74 Å². The molecule has 8 nitrogen and oxygen atoms in total. The van der Waals surface area contributed by atoms with E-state index >= 15 is 0 Å². The summed E-state index contributed by atoms with van der Waals surface area (Å²) in [6, 6.07) is 16.4. The summed E-state index contributed by atoms with van der Waals surface area (Å²) < 4.78 is 8.82. The number of unbranched alkanes of at least 4 members (excludes halogenated alkanes) is 1. The molecular formula is C25H30N4O4S. The number of thioether (sulfide) groups is 1. The zero-order chi connectivity index (χ0) is 24.5. The predicted octanol–water partition coefficient (Wildman–Crippen LogP) is 3.97. The molecule has 2 amide bonds. The first kappa shape index (κ1) is 25.2. The van der Waals surface area contributed by atoms with Gasteiger partial charge in [-0.1, -0.05) is 31.5 Å². The molecule has 0 atom stereocenters. The van der Waals surface area contributed by atoms with Crippen LogP contribution >= 0.6 is 11.8 Å². The summed E-state index contributed by atoms with van der Waals surface area (Å²) >= 11 is 1.18. The number of hydrogen-bond acceptors (Lipinski definition) is 5. The molecule has 2 N–H and O–H groups in total. The van der Waals surface area contributed by atoms with Gasteiger partial charge < -0.3 is 15.4 Å². The second-order valence-electron chi connectivity index (χ2n) is 7.75. The van der Waals surface area contributed by atoms with Gasteiger partial charge in [-0.15, -0.1) is 11.8 Å². The molecule has 0 bridgehead atoms. The summed E-state index contributed by atoms with van der Waals surface area (Å²) in [7, 11) is 1.77. The molecule has 9 heteroatoms. The molecule has 0 fully saturated rings. The minimum atomic E-state index is -0.336. The molecule has 2 aromatic carbocycles. The molecule has 0 aliphatic rings. The van der Waals surface area contributed by atoms with Gasteiger partial charge >= 0.3 is 0 Å². The topological polar surface area (TPSA) is 94.4 Å². The molecular weight excluding hydrogens is 452 g/mol. The Labute approximate surface area is 203 Å². The average Bonchev–Trinajstić information content (AvgIpc) is 3.04. The van der Waals surface area contributed by atoms with E-state index < -0.39 is 0 Å². The molecule has 0 unspecified atom stereocenters. The Hall–Kier alpha value is -3.46. The number of nitrogens with zero attached hydrogens (tertiary/aromatic N) is 2. The lowest BCUT2D eigenvalue weighted by Gasteiger charge is -2.08. The van der Waals surface area contributed by atoms with E-state index in [1.54, 1.807) is 30.8 Å². The highest BCUT2D eigenvalue weighted by molar-refractivity contribution is 8.00. The molecule has 1 aromatic heterocycles. The third-order valence-corrected chi connectivity index (χ3v) is 6.12. The fourth-order valence-corrected chi connectivity index (χ4v) is 3.91. The van der Waals surface area contributed by atoms with Gasteiger partial charge in [0.05, 0.1) is 29.5 Å². The van der Waals surface area contributed by atoms with Crippen molar-refractivity contribution in [1.82, 2.24) is 9.36 Å². The van der Waals surface area contributed by atoms with Gasteiger partial charge in [0.15, 0.2) is 0 Å². The third-order valence-electron chi connectivity index (χ3n) is 5.19. The number of anilines is 2. The smallest absolute Gasteiger partial charge is 0.295 e. The van der Waals surface area contributed by atoms with Gasteiger partial charge in [0.1, 0.15) is 11.4 Å². The van der Waals surface area contributed by atoms with E-state index in [0.29, 0.717) is 23.7 Å². The van der Waals surface area contributed by atoms with Crippen LogP contribution < -0.4 is 20.9 Å². The number of benzene rings is 2. The van der Waals surface area contributed by atoms with Crippen molar-refractivity contribution in [2.75, 3.05) is 28.7 Å². The standard InChI is InChI=1S/C25H30N4O4S/c1-4-5-15-33-21-13-11-19(12-14-21)26-22(30)16-34-17-23(31)27-24-18(2)28(3)29(25(24)32)20-9-7-6-8-10-20/h6-14H,4-5,15-17H2,1-3H3,(H,26,30)(H,27,31). The van der Waals surface area contributed by atoms with Crippen LogP contribution in [0.2, 0.25) is 0 Å². The van der Waals surface area contributed by atoms with Gasteiger partial charge in [0, 0.05) is 12.7 Å². The van der Waals surface area contributed by atoms with Crippen molar-refractivity contribution in [2.24, 2.45) is 7.05 Å². The van der Waals surface area contributed by atoms with Crippen LogP contribution in [0.15, 0.2) is 59.4 Å². The van der Waals surface area contributed by atoms with Crippen molar-refractivity contribution >= 4 is 35.0 Å². The Kier molecular flexibility index (Phi) is 8.98. The van der Waals surface area contributed by atoms with Gasteiger partial charge in [0.25, 0.3) is 5.56 Å². The molecule has 34 heavy (non-hydrogen) atoms. The molecule has 0 radical (unpaired) electrons. The van der Waals surface area contributed by atoms with E-state index in [0.717, 1.165) is 18.6 Å². The van der Waals surface area contributed by atoms with Crippen molar-refractivity contribution in [3.05, 3.63) is 70.6 Å². The Morgan fingerprint density at radius 2 is 1.62 bits per heavy atom. The highest BCUT2D eigenvalue weighted by Crippen LogP contribution is 2.17. The number of ether oxygens (including phenoxy) is 1. The van der Waals surface area contributed by atoms with E-state index in [9.17, 15) is 14.4 Å². The van der Waals surface area contributed by atoms with Gasteiger partial charge in [0.2, 0.25) is 11.8 Å². The summed E-state index contributed by atoms with van der Waals surface area (Å²) in [5.41, 5.74) is 1.96. The van der Waals surface area contributed by atoms with Crippen LogP contribution in [0.1, 0.15) is 25.5 Å². The van der Waals surface area contributed by atoms with Crippen LogP contribution in [-0.4, -0.2) is 39.3 Å². The molecule has 0 spiro atoms. The SMILES string of the molecule is CCCCOc1ccc(NC(=O)CSCC(=O)Nc2c(C)n(C)n(-c3ccccc3)c2=O)cc1. The fourth-order valence-electron chi connectivity index (χ4n) is 3.29. The molecule has 1 heterocycles. The Morgan fingerprint density at radius 3 is 2.26 bits per heavy atom. The van der Waals surface area contributed by atoms with E-state index in [1.165, 1.54) is 16.4 Å². The Bertz CT molecular complexity index is 1170. The van der Waals surface area contributed by atoms with Crippen LogP contribution in [0.3, 0.4) is 0 Å². The highest BCUT2D eigenvalue weighted by Gasteiger charge is 2.18. The summed E-state index contributed by atoms with van der Waals surface area (Å²) in [6.45, 7) is 4.55. The predicted molar refractivity (Wildman–Crippen MR) is 137 cm³/mol. The van der Waals surface area contributed by atoms with Gasteiger partial charge in [-0.3, -0.25) is 19.1 Å². The van der Waals surface area contributed by atoms with Crippen LogP contribution in [0, 0.1) is 6.92 Å². The number of aromatic nitrogens is 2. The normalized spacial score (nSPS) is 10.7. The first-order chi connectivity index (χ1) is 16.4. The quantitative estimate of drug-likeness (QED) is 0.403. The first-order valence-corrected chi connectivity index (χ1v) is 12.3. The minimum Gasteiger partial charge on any atom is -0.494 e. The second-order valence-corrected chi connectivity index (χ2v) is 8.74. The second kappa shape index (κ2) is 12.1. The lowest BCUT2D eigenvalue weighted by molar-refractivity contribution is -0.114. The number of carbonyl (C=O) groups excluding carboxylic acids is 2. The third kappa shape index (κ3) is 6.54. The Morgan fingerprint density at radius 1 is 0.971 bits per heavy atom. The molecule has 0 aliphatic carbocycles. The first-order valence-electron chi connectivity index (χ1n) is 11.1. The van der Waals surface area contributed by atoms with E-state index in [2.05, 4.69) is 17.6 Å². The fraction of sp³-hybridized carbons (Fsp3) is 0.320. The van der Waals surface area contributed by atoms with Crippen LogP contribution in [-0.2, 0) is 16.6 Å². The summed E-state index contributed by atoms with van der Waals surface area (Å²) in [5, 5.41) is 5.50. The molecule has 3 aromatic rings. The molecule has 0 saturated heterocycles. The maximum atomic E-state index is 12.9. The number of hydrogen-bond donors (Lipinski definition) is 2. The van der Waals surface area contributed by atoms with Crippen molar-refractivity contribution in [3.63, 3.8) is 0 Å². The number of nitrogens with one attached hydrogen (secondary N) is 2. The zero-order valence-corrected chi connectivity index (χ0v) is 20.5. The number of carbonyl (C=O) groups is 2. The van der Waals surface area contributed by atoms with E-state index in [1.807, 2.05) is 42.5 Å². The number of rotatable bonds is 11. The minimum absolute atomic E-state index is 0.0523. The molecule has 3 rings (SSSR count). The van der Waals surface area contributed by atoms with Crippen LogP contribution in [0.5, 0.6) is 5.75 Å². The average molecular weight is 483 g/mol. The lowest BCUT2D eigenvalue weighted by Crippen LogP contribution is -2.24. The van der Waals surface area contributed by atoms with Crippen molar-refractivity contribution < 1.29 is 14.3 Å². The lowest BCUT2D eigenvalue weighted by atomic mass is 10.3. The summed E-state index contributed by atoms with van der Waals surface area (Å²) in [4.78, 5) is 37.5. The van der Waals surface area contributed by atoms with Gasteiger partial charge in [-0.05, 0) is 49.7 Å². The van der Waals surface area contributed by atoms with Crippen LogP contribution in [0.25, 0.3) is 5.69 Å². The summed E-state index contributed by atoms with van der Waals surface area (Å²) in [6.07, 6.45) is 2.07. The van der Waals surface area contributed by atoms with Gasteiger partial charge in [-0.2, -0.15) is 0 Å². The van der Waals surface area contributed by atoms with Crippen molar-refractivity contribution in [3.8, 4) is 11.4 Å². The molecule has 180 valence electrons. The van der Waals surface area contributed by atoms with Crippen molar-refractivity contribution in [2.45, 2.75) is 26.7 Å². The summed E-state index contributed by atoms with van der Waals surface area (Å²) in [5.74, 6) is 0.387. The monoisotopic (exact) mass is 482 g/mol. The van der Waals surface area contributed by atoms with Crippen LogP contribution in [0.4, 0.5) is 11.4 Å². The maximum absolute atomic E-state index is 12.9. The van der Waals surface area contributed by atoms with Gasteiger partial charge in [-0.25, -0.2) is 4.68 Å². The largest absolute Gasteiger partial charge is 0.494 e.